The Morgan fingerprint density at radius 2 is 1.00 bits per heavy atom. The summed E-state index contributed by atoms with van der Waals surface area (Å²) in [7, 11) is 0. The molecule has 2 atom stereocenters. The predicted molar refractivity (Wildman–Crippen MR) is 196 cm³/mol. The summed E-state index contributed by atoms with van der Waals surface area (Å²) < 4.78 is 11.9. The van der Waals surface area contributed by atoms with Gasteiger partial charge in [0, 0.05) is 5.92 Å². The summed E-state index contributed by atoms with van der Waals surface area (Å²) in [5.41, 5.74) is 2.55. The Hall–Kier alpha value is -1.14. The highest BCUT2D eigenvalue weighted by Gasteiger charge is 2.26. The van der Waals surface area contributed by atoms with E-state index in [1.807, 2.05) is 12.1 Å². The van der Waals surface area contributed by atoms with Crippen LogP contribution in [0.5, 0.6) is 0 Å². The second kappa shape index (κ2) is 29.6. The monoisotopic (exact) mass is 614 g/mol. The van der Waals surface area contributed by atoms with Crippen LogP contribution in [0.2, 0.25) is 21.1 Å². The summed E-state index contributed by atoms with van der Waals surface area (Å²) in [6.07, 6.45) is 18.2. The van der Waals surface area contributed by atoms with Crippen molar-refractivity contribution < 1.29 is 9.71 Å². The van der Waals surface area contributed by atoms with E-state index in [-0.39, 0.29) is 6.80 Å². The lowest BCUT2D eigenvalue weighted by Crippen LogP contribution is -2.84. The predicted octanol–water partition coefficient (Wildman–Crippen LogP) is 12.7. The summed E-state index contributed by atoms with van der Waals surface area (Å²) in [5.74, 6) is 1.56. The molecule has 2 unspecified atom stereocenters. The summed E-state index contributed by atoms with van der Waals surface area (Å²) in [6.45, 7) is 16.9. The highest BCUT2D eigenvalue weighted by atomic mass is 27.2. The molecule has 0 amide bonds. The molecule has 0 aromatic heterocycles. The molecule has 0 aliphatic rings. The number of hydrogen-bond acceptors (Lipinski definition) is 0. The van der Waals surface area contributed by atoms with Gasteiger partial charge in [0.05, 0.1) is 6.54 Å². The minimum absolute atomic E-state index is 0.267. The van der Waals surface area contributed by atoms with E-state index < -0.39 is 13.1 Å². The van der Waals surface area contributed by atoms with E-state index in [0.29, 0.717) is 5.92 Å². The maximum atomic E-state index is 11.9. The molecule has 2 rings (SSSR count). The molecule has 0 radical (unpaired) electrons. The number of alkyl halides is 1. The Labute approximate surface area is 271 Å². The second-order valence-corrected chi connectivity index (χ2v) is 19.2. The first-order valence-corrected chi connectivity index (χ1v) is 21.9. The van der Waals surface area contributed by atoms with Crippen molar-refractivity contribution in [3.05, 3.63) is 60.7 Å². The third-order valence-electron chi connectivity index (χ3n) is 9.58. The molecule has 1 nitrogen and oxygen atoms in total. The van der Waals surface area contributed by atoms with Gasteiger partial charge in [-0.2, -0.15) is 25.5 Å². The first kappa shape index (κ1) is 41.9. The van der Waals surface area contributed by atoms with E-state index in [0.717, 1.165) is 12.5 Å². The number of hydrogen-bond donors (Lipinski definition) is 1. The molecule has 0 saturated carbocycles. The van der Waals surface area contributed by atoms with Gasteiger partial charge in [0.15, 0.2) is 0 Å². The number of benzene rings is 2. The van der Waals surface area contributed by atoms with Crippen molar-refractivity contribution in [3.63, 3.8) is 0 Å². The van der Waals surface area contributed by atoms with Gasteiger partial charge in [0.1, 0.15) is 13.1 Å². The van der Waals surface area contributed by atoms with Crippen LogP contribution in [-0.4, -0.2) is 26.4 Å². The van der Waals surface area contributed by atoms with Gasteiger partial charge in [-0.1, -0.05) is 180 Å². The fourth-order valence-electron chi connectivity index (χ4n) is 6.62. The quantitative estimate of drug-likeness (QED) is 0.100. The van der Waals surface area contributed by atoms with Gasteiger partial charge in [0.2, 0.25) is 6.80 Å². The zero-order valence-electron chi connectivity index (χ0n) is 29.9. The Morgan fingerprint density at radius 3 is 1.33 bits per heavy atom. The molecule has 2 aromatic carbocycles. The summed E-state index contributed by atoms with van der Waals surface area (Å²) >= 11 is -1.20. The fraction of sp³-hybridized carbons (Fsp3) is 0.700. The van der Waals surface area contributed by atoms with Crippen molar-refractivity contribution >= 4 is 13.1 Å². The van der Waals surface area contributed by atoms with Crippen LogP contribution in [-0.2, 0) is 0 Å². The van der Waals surface area contributed by atoms with E-state index >= 15 is 0 Å². The fourth-order valence-corrected chi connectivity index (χ4v) is 13.5. The molecule has 2 N–H and O–H groups in total. The summed E-state index contributed by atoms with van der Waals surface area (Å²) in [5, 5.41) is 8.38. The van der Waals surface area contributed by atoms with Crippen molar-refractivity contribution in [2.75, 3.05) is 13.3 Å². The van der Waals surface area contributed by atoms with Crippen molar-refractivity contribution in [1.82, 2.24) is 0 Å². The van der Waals surface area contributed by atoms with Crippen LogP contribution in [0.4, 0.5) is 4.39 Å². The Kier molecular flexibility index (Phi) is 28.8. The molecule has 0 saturated heterocycles. The van der Waals surface area contributed by atoms with Crippen molar-refractivity contribution in [1.29, 1.82) is 0 Å². The molecule has 0 aliphatic heterocycles. The van der Waals surface area contributed by atoms with Gasteiger partial charge in [-0.3, -0.25) is 0 Å². The third-order valence-corrected chi connectivity index (χ3v) is 16.1. The molecule has 3 heteroatoms. The molecular weight excluding hydrogens is 540 g/mol. The molecule has 0 bridgehead atoms. The molecule has 2 aromatic rings. The number of unbranched alkanes of at least 4 members (excludes halogenated alkanes) is 4. The minimum Gasteiger partial charge on any atom is -0.320 e. The van der Waals surface area contributed by atoms with Gasteiger partial charge >= 0.3 is 0 Å². The Balaban J connectivity index is 0.000000623. The van der Waals surface area contributed by atoms with Crippen LogP contribution >= 0.6 is 0 Å². The number of quaternary nitrogens is 1. The molecule has 0 fully saturated rings. The zero-order valence-corrected chi connectivity index (χ0v) is 31.1. The van der Waals surface area contributed by atoms with Gasteiger partial charge in [-0.05, 0) is 29.9 Å². The molecule has 0 aliphatic carbocycles. The van der Waals surface area contributed by atoms with E-state index in [2.05, 4.69) is 97.0 Å². The smallest absolute Gasteiger partial charge is 0.219 e. The van der Waals surface area contributed by atoms with E-state index in [9.17, 15) is 4.39 Å². The molecular formula is C40H73AlFN. The van der Waals surface area contributed by atoms with Crippen molar-refractivity contribution in [3.8, 4) is 11.1 Å². The lowest BCUT2D eigenvalue weighted by atomic mass is 9.91. The van der Waals surface area contributed by atoms with Crippen LogP contribution in [0.3, 0.4) is 0 Å². The van der Waals surface area contributed by atoms with E-state index in [1.165, 1.54) is 94.6 Å². The number of halogens is 1. The molecule has 0 spiro atoms. The third kappa shape index (κ3) is 22.1. The van der Waals surface area contributed by atoms with E-state index in [4.69, 9.17) is 0 Å². The maximum absolute atomic E-state index is 11.9. The highest BCUT2D eigenvalue weighted by Crippen LogP contribution is 2.33. The van der Waals surface area contributed by atoms with Crippen molar-refractivity contribution in [2.45, 2.75) is 153 Å². The number of nitrogens with two attached hydrogens (primary N) is 1. The Morgan fingerprint density at radius 1 is 0.581 bits per heavy atom. The van der Waals surface area contributed by atoms with Crippen LogP contribution in [0, 0.1) is 11.8 Å². The zero-order chi connectivity index (χ0) is 32.0. The lowest BCUT2D eigenvalue weighted by Gasteiger charge is -2.36. The average Bonchev–Trinajstić information content (AvgIpc) is 3.06. The summed E-state index contributed by atoms with van der Waals surface area (Å²) in [4.78, 5) is 0. The topological polar surface area (TPSA) is 16.6 Å². The first-order valence-electron chi connectivity index (χ1n) is 18.6. The van der Waals surface area contributed by atoms with Crippen LogP contribution in [0.15, 0.2) is 60.7 Å². The van der Waals surface area contributed by atoms with Gasteiger partial charge in [0.25, 0.3) is 0 Å². The first-order chi connectivity index (χ1) is 20.9. The molecule has 43 heavy (non-hydrogen) atoms. The minimum atomic E-state index is -1.20. The largest absolute Gasteiger partial charge is 0.320 e. The SMILES string of the molecule is CCCC(CC)CCC(C)C[NH2+]CF.CCC[CH2][Al-]([CH2]CCC)([CH2]CCC)[CH2]CCC.c1ccc(-c2ccccc2)cc1. The standard InChI is InChI=1S/C12H26FN.C12H10.4C4H9.Al/c1-4-6-12(5-2)8-7-11(3)9-14-10-13;1-3-7-11(8-4-1)12-9-5-2-6-10-12;4*1-3-4-2;/h11-12,14H,4-10H2,1-3H3;1-10H;4*1,3-4H2,2H3;/q;;;;;;-1/p+1. The second-order valence-electron chi connectivity index (χ2n) is 13.5. The normalized spacial score (nSPS) is 12.5. The Bertz CT molecular complexity index is 737. The van der Waals surface area contributed by atoms with Gasteiger partial charge in [-0.15, -0.1) is 0 Å². The number of rotatable bonds is 22. The van der Waals surface area contributed by atoms with Crippen LogP contribution in [0.1, 0.15) is 132 Å². The lowest BCUT2D eigenvalue weighted by molar-refractivity contribution is -0.678. The summed E-state index contributed by atoms with van der Waals surface area (Å²) in [6, 6.07) is 20.8. The molecule has 248 valence electrons. The maximum Gasteiger partial charge on any atom is 0.219 e. The van der Waals surface area contributed by atoms with Gasteiger partial charge in [-0.25, -0.2) is 0 Å². The molecule has 0 heterocycles. The van der Waals surface area contributed by atoms with E-state index in [1.54, 1.807) is 26.4 Å². The van der Waals surface area contributed by atoms with Crippen molar-refractivity contribution in [2.24, 2.45) is 11.8 Å². The average molecular weight is 614 g/mol. The van der Waals surface area contributed by atoms with Crippen LogP contribution in [0.25, 0.3) is 11.1 Å². The highest BCUT2D eigenvalue weighted by molar-refractivity contribution is 6.79. The van der Waals surface area contributed by atoms with Gasteiger partial charge < -0.3 is 5.32 Å². The van der Waals surface area contributed by atoms with Crippen LogP contribution < -0.4 is 5.32 Å².